The number of rotatable bonds is 4. The number of hydrogen-bond acceptors (Lipinski definition) is 4. The van der Waals surface area contributed by atoms with Crippen molar-refractivity contribution in [3.8, 4) is 0 Å². The van der Waals surface area contributed by atoms with Gasteiger partial charge in [0, 0.05) is 11.7 Å². The van der Waals surface area contributed by atoms with E-state index in [4.69, 9.17) is 10.5 Å². The molecule has 1 amide bonds. The molecular formula is C13H15FN2O3. The zero-order valence-corrected chi connectivity index (χ0v) is 10.5. The summed E-state index contributed by atoms with van der Waals surface area (Å²) in [5.74, 6) is -1.61. The van der Waals surface area contributed by atoms with Crippen molar-refractivity contribution in [3.05, 3.63) is 29.6 Å². The Morgan fingerprint density at radius 2 is 2.16 bits per heavy atom. The van der Waals surface area contributed by atoms with E-state index >= 15 is 0 Å². The standard InChI is InChI=1S/C13H15FN2O3/c1-7(12(17)16-9-3-4-9)19-13(18)10-5-2-8(14)6-11(10)15/h2,5-7,9H,3-4,15H2,1H3,(H,16,17). The Morgan fingerprint density at radius 1 is 1.47 bits per heavy atom. The summed E-state index contributed by atoms with van der Waals surface area (Å²) in [7, 11) is 0. The molecule has 1 aliphatic rings. The first kappa shape index (κ1) is 13.3. The number of carbonyl (C=O) groups excluding carboxylic acids is 2. The van der Waals surface area contributed by atoms with Crippen LogP contribution in [0.25, 0.3) is 0 Å². The van der Waals surface area contributed by atoms with Crippen LogP contribution in [0.4, 0.5) is 10.1 Å². The van der Waals surface area contributed by atoms with E-state index in [1.807, 2.05) is 0 Å². The van der Waals surface area contributed by atoms with Crippen LogP contribution >= 0.6 is 0 Å². The Hall–Kier alpha value is -2.11. The number of amides is 1. The fourth-order valence-electron chi connectivity index (χ4n) is 1.54. The number of halogens is 1. The SMILES string of the molecule is CC(OC(=O)c1ccc(F)cc1N)C(=O)NC1CC1. The van der Waals surface area contributed by atoms with Gasteiger partial charge in [0.25, 0.3) is 5.91 Å². The summed E-state index contributed by atoms with van der Waals surface area (Å²) in [6.07, 6.45) is 1.01. The van der Waals surface area contributed by atoms with Gasteiger partial charge < -0.3 is 15.8 Å². The molecule has 19 heavy (non-hydrogen) atoms. The topological polar surface area (TPSA) is 81.4 Å². The Bertz CT molecular complexity index is 515. The van der Waals surface area contributed by atoms with Gasteiger partial charge in [0.1, 0.15) is 5.82 Å². The van der Waals surface area contributed by atoms with Gasteiger partial charge in [0.2, 0.25) is 0 Å². The Kier molecular flexibility index (Phi) is 3.69. The zero-order chi connectivity index (χ0) is 14.0. The number of nitrogens with one attached hydrogen (secondary N) is 1. The van der Waals surface area contributed by atoms with Crippen molar-refractivity contribution in [2.24, 2.45) is 0 Å². The lowest BCUT2D eigenvalue weighted by atomic mass is 10.2. The van der Waals surface area contributed by atoms with Crippen LogP contribution in [0, 0.1) is 5.82 Å². The number of nitrogen functional groups attached to an aromatic ring is 1. The van der Waals surface area contributed by atoms with E-state index < -0.39 is 17.9 Å². The molecule has 1 aliphatic carbocycles. The fraction of sp³-hybridized carbons (Fsp3) is 0.385. The highest BCUT2D eigenvalue weighted by atomic mass is 19.1. The van der Waals surface area contributed by atoms with Crippen molar-refractivity contribution in [1.82, 2.24) is 5.32 Å². The van der Waals surface area contributed by atoms with Crippen LogP contribution < -0.4 is 11.1 Å². The van der Waals surface area contributed by atoms with Crippen LogP contribution in [0.1, 0.15) is 30.1 Å². The summed E-state index contributed by atoms with van der Waals surface area (Å²) >= 11 is 0. The van der Waals surface area contributed by atoms with Gasteiger partial charge in [-0.05, 0) is 38.0 Å². The summed E-state index contributed by atoms with van der Waals surface area (Å²) in [5.41, 5.74) is 5.56. The van der Waals surface area contributed by atoms with E-state index in [0.717, 1.165) is 25.0 Å². The second-order valence-corrected chi connectivity index (χ2v) is 4.56. The zero-order valence-electron chi connectivity index (χ0n) is 10.5. The second kappa shape index (κ2) is 5.26. The number of carbonyl (C=O) groups is 2. The number of hydrogen-bond donors (Lipinski definition) is 2. The maximum Gasteiger partial charge on any atom is 0.341 e. The van der Waals surface area contributed by atoms with Gasteiger partial charge >= 0.3 is 5.97 Å². The molecule has 0 aliphatic heterocycles. The molecule has 5 nitrogen and oxygen atoms in total. The number of esters is 1. The number of benzene rings is 1. The molecule has 1 aromatic rings. The van der Waals surface area contributed by atoms with Crippen LogP contribution in [-0.4, -0.2) is 24.0 Å². The Balaban J connectivity index is 1.97. The average Bonchev–Trinajstić information content (AvgIpc) is 3.12. The van der Waals surface area contributed by atoms with Gasteiger partial charge in [-0.25, -0.2) is 9.18 Å². The summed E-state index contributed by atoms with van der Waals surface area (Å²) in [6.45, 7) is 1.48. The van der Waals surface area contributed by atoms with Gasteiger partial charge in [0.05, 0.1) is 5.56 Å². The van der Waals surface area contributed by atoms with E-state index in [1.54, 1.807) is 0 Å². The molecule has 6 heteroatoms. The minimum Gasteiger partial charge on any atom is -0.449 e. The quantitative estimate of drug-likeness (QED) is 0.634. The van der Waals surface area contributed by atoms with Crippen LogP contribution in [0.5, 0.6) is 0 Å². The lowest BCUT2D eigenvalue weighted by Crippen LogP contribution is -2.37. The van der Waals surface area contributed by atoms with Gasteiger partial charge in [-0.2, -0.15) is 0 Å². The first-order valence-electron chi connectivity index (χ1n) is 6.03. The molecule has 1 saturated carbocycles. The normalized spacial score (nSPS) is 15.7. The summed E-state index contributed by atoms with van der Waals surface area (Å²) in [4.78, 5) is 23.4. The van der Waals surface area contributed by atoms with E-state index in [1.165, 1.54) is 13.0 Å². The number of ether oxygens (including phenoxy) is 1. The number of nitrogens with two attached hydrogens (primary N) is 1. The molecule has 102 valence electrons. The molecule has 0 saturated heterocycles. The first-order valence-corrected chi connectivity index (χ1v) is 6.03. The fourth-order valence-corrected chi connectivity index (χ4v) is 1.54. The van der Waals surface area contributed by atoms with E-state index in [9.17, 15) is 14.0 Å². The van der Waals surface area contributed by atoms with E-state index in [0.29, 0.717) is 0 Å². The molecule has 0 heterocycles. The van der Waals surface area contributed by atoms with Crippen LogP contribution in [-0.2, 0) is 9.53 Å². The highest BCUT2D eigenvalue weighted by Crippen LogP contribution is 2.19. The van der Waals surface area contributed by atoms with Crippen molar-refractivity contribution < 1.29 is 18.7 Å². The minimum atomic E-state index is -0.905. The molecule has 1 atom stereocenters. The Labute approximate surface area is 109 Å². The number of anilines is 1. The van der Waals surface area contributed by atoms with Crippen LogP contribution in [0.2, 0.25) is 0 Å². The molecule has 2 rings (SSSR count). The summed E-state index contributed by atoms with van der Waals surface area (Å²) in [5, 5.41) is 2.73. The van der Waals surface area contributed by atoms with Gasteiger partial charge in [-0.3, -0.25) is 4.79 Å². The maximum atomic E-state index is 12.9. The minimum absolute atomic E-state index is 0.0141. The van der Waals surface area contributed by atoms with Crippen molar-refractivity contribution in [2.75, 3.05) is 5.73 Å². The summed E-state index contributed by atoms with van der Waals surface area (Å²) in [6, 6.07) is 3.58. The van der Waals surface area contributed by atoms with Crippen molar-refractivity contribution in [3.63, 3.8) is 0 Å². The Morgan fingerprint density at radius 3 is 2.74 bits per heavy atom. The predicted molar refractivity (Wildman–Crippen MR) is 66.9 cm³/mol. The maximum absolute atomic E-state index is 12.9. The molecular weight excluding hydrogens is 251 g/mol. The lowest BCUT2D eigenvalue weighted by Gasteiger charge is -2.13. The lowest BCUT2D eigenvalue weighted by molar-refractivity contribution is -0.129. The highest BCUT2D eigenvalue weighted by molar-refractivity contribution is 5.96. The second-order valence-electron chi connectivity index (χ2n) is 4.56. The van der Waals surface area contributed by atoms with Crippen LogP contribution in [0.15, 0.2) is 18.2 Å². The molecule has 1 unspecified atom stereocenters. The molecule has 0 spiro atoms. The van der Waals surface area contributed by atoms with Gasteiger partial charge in [0.15, 0.2) is 6.10 Å². The predicted octanol–water partition coefficient (Wildman–Crippen LogP) is 1.23. The summed E-state index contributed by atoms with van der Waals surface area (Å²) < 4.78 is 17.8. The first-order chi connectivity index (χ1) is 8.97. The largest absolute Gasteiger partial charge is 0.449 e. The van der Waals surface area contributed by atoms with Crippen molar-refractivity contribution in [2.45, 2.75) is 31.9 Å². The molecule has 1 fully saturated rings. The molecule has 0 radical (unpaired) electrons. The average molecular weight is 266 g/mol. The monoisotopic (exact) mass is 266 g/mol. The molecule has 1 aromatic carbocycles. The van der Waals surface area contributed by atoms with Crippen LogP contribution in [0.3, 0.4) is 0 Å². The molecule has 0 bridgehead atoms. The third-order valence-corrected chi connectivity index (χ3v) is 2.81. The van der Waals surface area contributed by atoms with Gasteiger partial charge in [-0.15, -0.1) is 0 Å². The highest BCUT2D eigenvalue weighted by Gasteiger charge is 2.27. The third kappa shape index (κ3) is 3.43. The van der Waals surface area contributed by atoms with Gasteiger partial charge in [-0.1, -0.05) is 0 Å². The smallest absolute Gasteiger partial charge is 0.341 e. The molecule has 3 N–H and O–H groups in total. The molecule has 0 aromatic heterocycles. The van der Waals surface area contributed by atoms with E-state index in [2.05, 4.69) is 5.32 Å². The van der Waals surface area contributed by atoms with Crippen molar-refractivity contribution >= 4 is 17.6 Å². The van der Waals surface area contributed by atoms with E-state index in [-0.39, 0.29) is 23.2 Å². The third-order valence-electron chi connectivity index (χ3n) is 2.81. The van der Waals surface area contributed by atoms with Crippen molar-refractivity contribution in [1.29, 1.82) is 0 Å².